The largest absolute Gasteiger partial charge is 0.494 e. The van der Waals surface area contributed by atoms with Gasteiger partial charge in [-0.05, 0) is 67.1 Å². The van der Waals surface area contributed by atoms with E-state index >= 15 is 0 Å². The molecule has 1 fully saturated rings. The van der Waals surface area contributed by atoms with Crippen molar-refractivity contribution in [2.24, 2.45) is 0 Å². The number of ether oxygens (including phenoxy) is 1. The van der Waals surface area contributed by atoms with Gasteiger partial charge in [0, 0.05) is 56.9 Å². The number of nitrogens with zero attached hydrogens (tertiary/aromatic N) is 6. The van der Waals surface area contributed by atoms with Gasteiger partial charge in [0.05, 0.1) is 17.6 Å². The third-order valence-electron chi connectivity index (χ3n) is 6.84. The minimum atomic E-state index is -0.312. The second-order valence-corrected chi connectivity index (χ2v) is 9.33. The molecule has 0 amide bonds. The van der Waals surface area contributed by atoms with Crippen molar-refractivity contribution in [1.29, 1.82) is 0 Å². The van der Waals surface area contributed by atoms with Crippen molar-refractivity contribution >= 4 is 16.9 Å². The van der Waals surface area contributed by atoms with Crippen LogP contribution < -0.4 is 9.64 Å². The van der Waals surface area contributed by atoms with Crippen molar-refractivity contribution < 1.29 is 9.13 Å². The fourth-order valence-corrected chi connectivity index (χ4v) is 4.89. The summed E-state index contributed by atoms with van der Waals surface area (Å²) in [4.78, 5) is 18.4. The first-order chi connectivity index (χ1) is 18.7. The van der Waals surface area contributed by atoms with Gasteiger partial charge in [-0.25, -0.2) is 14.4 Å². The first-order valence-corrected chi connectivity index (χ1v) is 13.0. The Morgan fingerprint density at radius 3 is 2.34 bits per heavy atom. The number of piperazine rings is 1. The lowest BCUT2D eigenvalue weighted by Gasteiger charge is -2.35. The summed E-state index contributed by atoms with van der Waals surface area (Å²) in [5, 5.41) is 0. The molecule has 0 bridgehead atoms. The molecular formula is C30H29FN6O. The molecule has 38 heavy (non-hydrogen) atoms. The average Bonchev–Trinajstić information content (AvgIpc) is 3.35. The molecule has 6 rings (SSSR count). The summed E-state index contributed by atoms with van der Waals surface area (Å²) in [6.45, 7) is 5.73. The van der Waals surface area contributed by atoms with Gasteiger partial charge in [0.15, 0.2) is 5.82 Å². The van der Waals surface area contributed by atoms with Crippen LogP contribution in [0.2, 0.25) is 0 Å². The summed E-state index contributed by atoms with van der Waals surface area (Å²) < 4.78 is 21.9. The van der Waals surface area contributed by atoms with E-state index in [-0.39, 0.29) is 5.82 Å². The van der Waals surface area contributed by atoms with Crippen molar-refractivity contribution in [3.05, 3.63) is 97.1 Å². The molecule has 0 saturated carbocycles. The second-order valence-electron chi connectivity index (χ2n) is 9.33. The lowest BCUT2D eigenvalue weighted by molar-refractivity contribution is 0.224. The minimum absolute atomic E-state index is 0.312. The van der Waals surface area contributed by atoms with E-state index in [1.807, 2.05) is 65.4 Å². The first-order valence-electron chi connectivity index (χ1n) is 13.0. The van der Waals surface area contributed by atoms with E-state index < -0.39 is 0 Å². The molecule has 3 aromatic heterocycles. The van der Waals surface area contributed by atoms with Gasteiger partial charge in [0.2, 0.25) is 0 Å². The standard InChI is InChI=1S/C30H29FN6O/c31-23-8-13-28-27(22-23)34-30(26-6-1-3-14-32-26)37(28)24-9-11-25(12-10-24)38-21-5-16-35-17-19-36(20-18-35)29-7-2-4-15-33-29/h1-4,6-15,22H,5,16-21H2. The molecule has 1 saturated heterocycles. The molecule has 0 radical (unpaired) electrons. The van der Waals surface area contributed by atoms with E-state index in [0.29, 0.717) is 17.9 Å². The van der Waals surface area contributed by atoms with Crippen LogP contribution in [-0.2, 0) is 0 Å². The average molecular weight is 509 g/mol. The highest BCUT2D eigenvalue weighted by Crippen LogP contribution is 2.29. The van der Waals surface area contributed by atoms with E-state index in [1.54, 1.807) is 12.3 Å². The molecular weight excluding hydrogens is 479 g/mol. The van der Waals surface area contributed by atoms with Gasteiger partial charge in [-0.1, -0.05) is 12.1 Å². The number of imidazole rings is 1. The topological polar surface area (TPSA) is 59.3 Å². The van der Waals surface area contributed by atoms with E-state index in [9.17, 15) is 4.39 Å². The Bertz CT molecular complexity index is 1480. The van der Waals surface area contributed by atoms with Crippen LogP contribution in [0.3, 0.4) is 0 Å². The number of hydrogen-bond donors (Lipinski definition) is 0. The zero-order chi connectivity index (χ0) is 25.7. The lowest BCUT2D eigenvalue weighted by atomic mass is 10.2. The highest BCUT2D eigenvalue weighted by molar-refractivity contribution is 5.82. The number of rotatable bonds is 8. The molecule has 192 valence electrons. The van der Waals surface area contributed by atoms with Gasteiger partial charge >= 0.3 is 0 Å². The maximum atomic E-state index is 13.9. The summed E-state index contributed by atoms with van der Waals surface area (Å²) in [6.07, 6.45) is 4.55. The van der Waals surface area contributed by atoms with Gasteiger partial charge in [-0.3, -0.25) is 14.5 Å². The quantitative estimate of drug-likeness (QED) is 0.268. The van der Waals surface area contributed by atoms with Gasteiger partial charge < -0.3 is 9.64 Å². The molecule has 7 nitrogen and oxygen atoms in total. The first kappa shape index (κ1) is 24.1. The molecule has 1 aliphatic rings. The number of anilines is 1. The normalized spacial score (nSPS) is 14.2. The smallest absolute Gasteiger partial charge is 0.164 e. The predicted molar refractivity (Wildman–Crippen MR) is 147 cm³/mol. The zero-order valence-electron chi connectivity index (χ0n) is 21.1. The van der Waals surface area contributed by atoms with Crippen molar-refractivity contribution in [2.45, 2.75) is 6.42 Å². The zero-order valence-corrected chi connectivity index (χ0v) is 21.1. The molecule has 5 aromatic rings. The second kappa shape index (κ2) is 11.0. The Balaban J connectivity index is 1.07. The van der Waals surface area contributed by atoms with Crippen LogP contribution in [0.1, 0.15) is 6.42 Å². The molecule has 2 aromatic carbocycles. The molecule has 4 heterocycles. The Kier molecular flexibility index (Phi) is 6.95. The Morgan fingerprint density at radius 1 is 0.816 bits per heavy atom. The fraction of sp³-hybridized carbons (Fsp3) is 0.233. The Morgan fingerprint density at radius 2 is 1.61 bits per heavy atom. The number of benzene rings is 2. The maximum Gasteiger partial charge on any atom is 0.164 e. The number of halogens is 1. The number of aromatic nitrogens is 4. The van der Waals surface area contributed by atoms with Crippen LogP contribution in [0.15, 0.2) is 91.3 Å². The van der Waals surface area contributed by atoms with Crippen molar-refractivity contribution in [2.75, 3.05) is 44.2 Å². The van der Waals surface area contributed by atoms with Crippen molar-refractivity contribution in [3.63, 3.8) is 0 Å². The highest BCUT2D eigenvalue weighted by Gasteiger charge is 2.18. The molecule has 0 N–H and O–H groups in total. The predicted octanol–water partition coefficient (Wildman–Crippen LogP) is 5.21. The van der Waals surface area contributed by atoms with E-state index in [4.69, 9.17) is 4.74 Å². The van der Waals surface area contributed by atoms with Gasteiger partial charge in [0.1, 0.15) is 23.1 Å². The maximum absolute atomic E-state index is 13.9. The van der Waals surface area contributed by atoms with Gasteiger partial charge in [-0.2, -0.15) is 0 Å². The number of pyridine rings is 2. The minimum Gasteiger partial charge on any atom is -0.494 e. The van der Waals surface area contributed by atoms with Crippen LogP contribution in [-0.4, -0.2) is 63.7 Å². The van der Waals surface area contributed by atoms with E-state index in [0.717, 1.165) is 67.6 Å². The molecule has 0 aliphatic carbocycles. The van der Waals surface area contributed by atoms with Crippen LogP contribution >= 0.6 is 0 Å². The lowest BCUT2D eigenvalue weighted by Crippen LogP contribution is -2.47. The Labute approximate surface area is 221 Å². The third kappa shape index (κ3) is 5.21. The summed E-state index contributed by atoms with van der Waals surface area (Å²) >= 11 is 0. The number of hydrogen-bond acceptors (Lipinski definition) is 6. The molecule has 0 atom stereocenters. The van der Waals surface area contributed by atoms with E-state index in [2.05, 4.69) is 30.8 Å². The van der Waals surface area contributed by atoms with Crippen molar-refractivity contribution in [3.8, 4) is 23.0 Å². The third-order valence-corrected chi connectivity index (χ3v) is 6.84. The van der Waals surface area contributed by atoms with Gasteiger partial charge in [0.25, 0.3) is 0 Å². The van der Waals surface area contributed by atoms with Crippen LogP contribution in [0.25, 0.3) is 28.2 Å². The van der Waals surface area contributed by atoms with Gasteiger partial charge in [-0.15, -0.1) is 0 Å². The SMILES string of the molecule is Fc1ccc2c(c1)nc(-c1ccccn1)n2-c1ccc(OCCCN2CCN(c3ccccn3)CC2)cc1. The van der Waals surface area contributed by atoms with Crippen LogP contribution in [0.5, 0.6) is 5.75 Å². The summed E-state index contributed by atoms with van der Waals surface area (Å²) in [7, 11) is 0. The van der Waals surface area contributed by atoms with E-state index in [1.165, 1.54) is 12.1 Å². The van der Waals surface area contributed by atoms with Crippen LogP contribution in [0.4, 0.5) is 10.2 Å². The molecule has 0 spiro atoms. The monoisotopic (exact) mass is 508 g/mol. The van der Waals surface area contributed by atoms with Crippen molar-refractivity contribution in [1.82, 2.24) is 24.4 Å². The summed E-state index contributed by atoms with van der Waals surface area (Å²) in [5.74, 6) is 2.24. The highest BCUT2D eigenvalue weighted by atomic mass is 19.1. The molecule has 8 heteroatoms. The fourth-order valence-electron chi connectivity index (χ4n) is 4.89. The molecule has 0 unspecified atom stereocenters. The number of fused-ring (bicyclic) bond motifs is 1. The van der Waals surface area contributed by atoms with Crippen LogP contribution in [0, 0.1) is 5.82 Å². The molecule has 1 aliphatic heterocycles. The summed E-state index contributed by atoms with van der Waals surface area (Å²) in [6, 6.07) is 24.4. The Hall–Kier alpha value is -4.30. The summed E-state index contributed by atoms with van der Waals surface area (Å²) in [5.41, 5.74) is 3.05.